The van der Waals surface area contributed by atoms with Gasteiger partial charge in [0.1, 0.15) is 0 Å². The van der Waals surface area contributed by atoms with Crippen molar-refractivity contribution in [1.29, 1.82) is 0 Å². The predicted octanol–water partition coefficient (Wildman–Crippen LogP) is 2.91. The van der Waals surface area contributed by atoms with E-state index in [-0.39, 0.29) is 12.6 Å². The predicted molar refractivity (Wildman–Crippen MR) is 64.1 cm³/mol. The van der Waals surface area contributed by atoms with E-state index in [0.29, 0.717) is 13.1 Å². The number of hydrogen-bond donors (Lipinski definition) is 1. The van der Waals surface area contributed by atoms with E-state index in [1.807, 2.05) is 18.7 Å². The second kappa shape index (κ2) is 6.20. The summed E-state index contributed by atoms with van der Waals surface area (Å²) in [6.07, 6.45) is -4.29. The molecule has 0 radical (unpaired) electrons. The summed E-state index contributed by atoms with van der Waals surface area (Å²) < 4.78 is 37.2. The topological polar surface area (TPSA) is 23.5 Å². The first-order valence-corrected chi connectivity index (χ1v) is 5.85. The first-order valence-electron chi connectivity index (χ1n) is 5.85. The highest BCUT2D eigenvalue weighted by Gasteiger charge is 2.29. The van der Waals surface area contributed by atoms with Gasteiger partial charge in [-0.05, 0) is 31.5 Å². The highest BCUT2D eigenvalue weighted by molar-refractivity contribution is 5.24. The molecule has 0 unspecified atom stereocenters. The highest BCUT2D eigenvalue weighted by Crippen LogP contribution is 2.29. The molecule has 1 rings (SSSR count). The molecule has 2 nitrogen and oxygen atoms in total. The lowest BCUT2D eigenvalue weighted by Crippen LogP contribution is -2.32. The van der Waals surface area contributed by atoms with Gasteiger partial charge in [-0.3, -0.25) is 4.90 Å². The molecular formula is C13H18F3NO. The first-order chi connectivity index (χ1) is 8.34. The Labute approximate surface area is 105 Å². The van der Waals surface area contributed by atoms with Gasteiger partial charge in [-0.15, -0.1) is 0 Å². The van der Waals surface area contributed by atoms with Gasteiger partial charge in [0.15, 0.2) is 0 Å². The molecule has 0 fully saturated rings. The van der Waals surface area contributed by atoms with E-state index >= 15 is 0 Å². The van der Waals surface area contributed by atoms with Crippen molar-refractivity contribution in [3.8, 4) is 0 Å². The van der Waals surface area contributed by atoms with Gasteiger partial charge in [-0.2, -0.15) is 13.2 Å². The molecule has 5 heteroatoms. The lowest BCUT2D eigenvalue weighted by Gasteiger charge is -2.25. The van der Waals surface area contributed by atoms with Gasteiger partial charge >= 0.3 is 6.18 Å². The molecule has 0 atom stereocenters. The van der Waals surface area contributed by atoms with E-state index in [0.717, 1.165) is 17.7 Å². The zero-order valence-corrected chi connectivity index (χ0v) is 10.5. The number of alkyl halides is 3. The maximum absolute atomic E-state index is 12.4. The number of aliphatic hydroxyl groups is 1. The van der Waals surface area contributed by atoms with Crippen molar-refractivity contribution < 1.29 is 18.3 Å². The van der Waals surface area contributed by atoms with E-state index in [1.54, 1.807) is 0 Å². The second-order valence-corrected chi connectivity index (χ2v) is 4.48. The molecule has 0 saturated carbocycles. The number of aliphatic hydroxyl groups excluding tert-OH is 1. The number of halogens is 3. The van der Waals surface area contributed by atoms with Gasteiger partial charge in [0, 0.05) is 19.1 Å². The Hall–Kier alpha value is -1.07. The summed E-state index contributed by atoms with van der Waals surface area (Å²) in [5.74, 6) is 0. The molecule has 0 saturated heterocycles. The van der Waals surface area contributed by atoms with Crippen molar-refractivity contribution in [3.05, 3.63) is 35.4 Å². The van der Waals surface area contributed by atoms with Crippen LogP contribution in [0.1, 0.15) is 25.0 Å². The average Bonchev–Trinajstić information content (AvgIpc) is 2.28. The Morgan fingerprint density at radius 3 is 2.11 bits per heavy atom. The largest absolute Gasteiger partial charge is 0.416 e. The normalized spacial score (nSPS) is 12.4. The van der Waals surface area contributed by atoms with Crippen LogP contribution in [0, 0.1) is 0 Å². The van der Waals surface area contributed by atoms with Crippen molar-refractivity contribution in [1.82, 2.24) is 4.90 Å². The van der Waals surface area contributed by atoms with E-state index in [1.165, 1.54) is 12.1 Å². The summed E-state index contributed by atoms with van der Waals surface area (Å²) in [6.45, 7) is 5.06. The monoisotopic (exact) mass is 261 g/mol. The quantitative estimate of drug-likeness (QED) is 0.881. The molecule has 0 aromatic heterocycles. The fourth-order valence-corrected chi connectivity index (χ4v) is 1.68. The zero-order chi connectivity index (χ0) is 13.8. The van der Waals surface area contributed by atoms with Crippen molar-refractivity contribution in [2.75, 3.05) is 13.2 Å². The minimum Gasteiger partial charge on any atom is -0.395 e. The van der Waals surface area contributed by atoms with Crippen LogP contribution in [-0.4, -0.2) is 29.2 Å². The first kappa shape index (κ1) is 15.0. The Morgan fingerprint density at radius 1 is 1.17 bits per heavy atom. The Morgan fingerprint density at radius 2 is 1.72 bits per heavy atom. The van der Waals surface area contributed by atoms with Gasteiger partial charge in [0.2, 0.25) is 0 Å². The standard InChI is InChI=1S/C13H18F3NO/c1-10(2)17(7-8-18)9-11-3-5-12(6-4-11)13(14,15)16/h3-6,10,18H,7-9H2,1-2H3. The van der Waals surface area contributed by atoms with Crippen molar-refractivity contribution in [2.24, 2.45) is 0 Å². The van der Waals surface area contributed by atoms with Gasteiger partial charge in [0.05, 0.1) is 12.2 Å². The van der Waals surface area contributed by atoms with Gasteiger partial charge in [-0.25, -0.2) is 0 Å². The van der Waals surface area contributed by atoms with E-state index in [4.69, 9.17) is 5.11 Å². The molecule has 0 aliphatic rings. The van der Waals surface area contributed by atoms with Gasteiger partial charge < -0.3 is 5.11 Å². The van der Waals surface area contributed by atoms with Crippen LogP contribution in [0.25, 0.3) is 0 Å². The number of hydrogen-bond acceptors (Lipinski definition) is 2. The summed E-state index contributed by atoms with van der Waals surface area (Å²) in [5.41, 5.74) is 0.176. The van der Waals surface area contributed by atoms with E-state index in [2.05, 4.69) is 0 Å². The minimum atomic E-state index is -4.29. The Balaban J connectivity index is 2.73. The minimum absolute atomic E-state index is 0.0405. The molecule has 18 heavy (non-hydrogen) atoms. The third kappa shape index (κ3) is 4.31. The Kier molecular flexibility index (Phi) is 5.16. The summed E-state index contributed by atoms with van der Waals surface area (Å²) in [6, 6.07) is 5.38. The number of rotatable bonds is 5. The van der Waals surface area contributed by atoms with Crippen LogP contribution >= 0.6 is 0 Å². The van der Waals surface area contributed by atoms with Crippen LogP contribution in [0.3, 0.4) is 0 Å². The molecule has 0 bridgehead atoms. The summed E-state index contributed by atoms with van der Waals surface area (Å²) in [7, 11) is 0. The third-order valence-corrected chi connectivity index (χ3v) is 2.78. The van der Waals surface area contributed by atoms with Gasteiger partial charge in [-0.1, -0.05) is 12.1 Å². The maximum atomic E-state index is 12.4. The fourth-order valence-electron chi connectivity index (χ4n) is 1.68. The molecule has 1 aromatic rings. The molecule has 0 heterocycles. The average molecular weight is 261 g/mol. The molecule has 0 amide bonds. The fraction of sp³-hybridized carbons (Fsp3) is 0.538. The van der Waals surface area contributed by atoms with Crippen molar-refractivity contribution in [3.63, 3.8) is 0 Å². The summed E-state index contributed by atoms with van der Waals surface area (Å²) in [4.78, 5) is 2.00. The van der Waals surface area contributed by atoms with Crippen molar-refractivity contribution >= 4 is 0 Å². The third-order valence-electron chi connectivity index (χ3n) is 2.78. The lowest BCUT2D eigenvalue weighted by atomic mass is 10.1. The van der Waals surface area contributed by atoms with Crippen LogP contribution in [0.15, 0.2) is 24.3 Å². The highest BCUT2D eigenvalue weighted by atomic mass is 19.4. The summed E-state index contributed by atoms with van der Waals surface area (Å²) in [5, 5.41) is 8.92. The van der Waals surface area contributed by atoms with E-state index < -0.39 is 11.7 Å². The Bertz CT molecular complexity index is 359. The van der Waals surface area contributed by atoms with Gasteiger partial charge in [0.25, 0.3) is 0 Å². The molecule has 1 aromatic carbocycles. The van der Waals surface area contributed by atoms with Crippen molar-refractivity contribution in [2.45, 2.75) is 32.6 Å². The molecule has 1 N–H and O–H groups in total. The maximum Gasteiger partial charge on any atom is 0.416 e. The number of nitrogens with zero attached hydrogens (tertiary/aromatic N) is 1. The smallest absolute Gasteiger partial charge is 0.395 e. The molecule has 0 aliphatic heterocycles. The second-order valence-electron chi connectivity index (χ2n) is 4.48. The molecule has 102 valence electrons. The van der Waals surface area contributed by atoms with Crippen LogP contribution in [0.4, 0.5) is 13.2 Å². The molecule has 0 spiro atoms. The van der Waals surface area contributed by atoms with Crippen LogP contribution in [-0.2, 0) is 12.7 Å². The van der Waals surface area contributed by atoms with Crippen LogP contribution < -0.4 is 0 Å². The number of benzene rings is 1. The SMILES string of the molecule is CC(C)N(CCO)Cc1ccc(C(F)(F)F)cc1. The van der Waals surface area contributed by atoms with E-state index in [9.17, 15) is 13.2 Å². The summed E-state index contributed by atoms with van der Waals surface area (Å²) >= 11 is 0. The lowest BCUT2D eigenvalue weighted by molar-refractivity contribution is -0.137. The van der Waals surface area contributed by atoms with Crippen LogP contribution in [0.5, 0.6) is 0 Å². The molecule has 0 aliphatic carbocycles. The van der Waals surface area contributed by atoms with Crippen LogP contribution in [0.2, 0.25) is 0 Å². The molecular weight excluding hydrogens is 243 g/mol. The zero-order valence-electron chi connectivity index (χ0n) is 10.5.